The Morgan fingerprint density at radius 1 is 1.12 bits per heavy atom. The van der Waals surface area contributed by atoms with E-state index in [1.807, 2.05) is 9.80 Å². The van der Waals surface area contributed by atoms with Crippen LogP contribution in [-0.2, 0) is 6.42 Å². The number of benzene rings is 1. The van der Waals surface area contributed by atoms with Crippen LogP contribution >= 0.6 is 0 Å². The first-order valence-corrected chi connectivity index (χ1v) is 10.5. The van der Waals surface area contributed by atoms with Gasteiger partial charge in [-0.3, -0.25) is 16.0 Å². The number of furan rings is 1. The fraction of sp³-hybridized carbons (Fsp3) is 0.381. The maximum atomic E-state index is 14.1. The summed E-state index contributed by atoms with van der Waals surface area (Å²) in [6, 6.07) is 7.09. The number of nitrogens with one attached hydrogen (secondary N) is 1. The third-order valence-electron chi connectivity index (χ3n) is 5.96. The second-order valence-electron chi connectivity index (χ2n) is 7.93. The molecule has 0 bridgehead atoms. The SMILES string of the molecule is N=C1Cc2nc(-c3ccco3)nn2C(N)N1CCN1CCN(c2cc(F)ccc2F)CC1. The fourth-order valence-electron chi connectivity index (χ4n) is 4.20. The molecule has 168 valence electrons. The average Bonchev–Trinajstić information content (AvgIpc) is 3.46. The Hall–Kier alpha value is -3.31. The van der Waals surface area contributed by atoms with Crippen LogP contribution in [0.1, 0.15) is 12.1 Å². The van der Waals surface area contributed by atoms with Crippen LogP contribution in [0.4, 0.5) is 14.5 Å². The summed E-state index contributed by atoms with van der Waals surface area (Å²) >= 11 is 0. The van der Waals surface area contributed by atoms with Gasteiger partial charge in [0.15, 0.2) is 12.0 Å². The lowest BCUT2D eigenvalue weighted by atomic mass is 10.2. The lowest BCUT2D eigenvalue weighted by molar-refractivity contribution is 0.164. The van der Waals surface area contributed by atoms with Gasteiger partial charge in [-0.2, -0.15) is 0 Å². The highest BCUT2D eigenvalue weighted by atomic mass is 19.1. The lowest BCUT2D eigenvalue weighted by Crippen LogP contribution is -2.53. The van der Waals surface area contributed by atoms with Gasteiger partial charge < -0.3 is 14.2 Å². The number of nitrogens with zero attached hydrogens (tertiary/aromatic N) is 6. The second kappa shape index (κ2) is 8.32. The van der Waals surface area contributed by atoms with Crippen molar-refractivity contribution in [1.82, 2.24) is 24.6 Å². The van der Waals surface area contributed by atoms with Gasteiger partial charge in [-0.25, -0.2) is 18.4 Å². The van der Waals surface area contributed by atoms with E-state index in [-0.39, 0.29) is 0 Å². The van der Waals surface area contributed by atoms with Crippen LogP contribution in [0.25, 0.3) is 11.6 Å². The Balaban J connectivity index is 1.20. The standard InChI is InChI=1S/C21H24F2N8O/c22-14-3-4-15(23)16(12-14)29-8-5-28(6-9-29)7-10-30-18(24)13-19-26-20(17-2-1-11-32-17)27-31(19)21(30)25/h1-4,11-12,21,24H,5-10,13,25H2. The lowest BCUT2D eigenvalue weighted by Gasteiger charge is -2.39. The summed E-state index contributed by atoms with van der Waals surface area (Å²) in [5, 5.41) is 12.9. The third kappa shape index (κ3) is 3.84. The van der Waals surface area contributed by atoms with Crippen molar-refractivity contribution in [3.05, 3.63) is 54.1 Å². The number of anilines is 1. The Kier molecular flexibility index (Phi) is 5.35. The van der Waals surface area contributed by atoms with E-state index in [0.717, 1.165) is 12.1 Å². The molecule has 1 fully saturated rings. The minimum absolute atomic E-state index is 0.301. The van der Waals surface area contributed by atoms with Crippen LogP contribution in [0.3, 0.4) is 0 Å². The molecule has 32 heavy (non-hydrogen) atoms. The molecule has 2 aromatic heterocycles. The van der Waals surface area contributed by atoms with Gasteiger partial charge >= 0.3 is 0 Å². The molecule has 0 saturated carbocycles. The van der Waals surface area contributed by atoms with Crippen molar-refractivity contribution < 1.29 is 13.2 Å². The Morgan fingerprint density at radius 2 is 1.94 bits per heavy atom. The topological polar surface area (TPSA) is 103 Å². The zero-order valence-corrected chi connectivity index (χ0v) is 17.4. The van der Waals surface area contributed by atoms with Crippen LogP contribution in [0.5, 0.6) is 0 Å². The Labute approximate surface area is 183 Å². The molecule has 0 amide bonds. The molecule has 0 radical (unpaired) electrons. The number of amidine groups is 1. The van der Waals surface area contributed by atoms with Crippen LogP contribution in [0, 0.1) is 17.0 Å². The Morgan fingerprint density at radius 3 is 2.69 bits per heavy atom. The summed E-state index contributed by atoms with van der Waals surface area (Å²) < 4.78 is 34.6. The minimum atomic E-state index is -0.620. The van der Waals surface area contributed by atoms with Gasteiger partial charge in [0, 0.05) is 45.3 Å². The smallest absolute Gasteiger partial charge is 0.217 e. The maximum Gasteiger partial charge on any atom is 0.217 e. The third-order valence-corrected chi connectivity index (χ3v) is 5.96. The number of hydrogen-bond acceptors (Lipinski definition) is 7. The minimum Gasteiger partial charge on any atom is -0.461 e. The molecule has 5 rings (SSSR count). The summed E-state index contributed by atoms with van der Waals surface area (Å²) in [7, 11) is 0. The summed E-state index contributed by atoms with van der Waals surface area (Å²) in [6.07, 6.45) is 1.28. The molecule has 4 heterocycles. The largest absolute Gasteiger partial charge is 0.461 e. The summed E-state index contributed by atoms with van der Waals surface area (Å²) in [5.41, 5.74) is 6.70. The molecular weight excluding hydrogens is 418 g/mol. The van der Waals surface area contributed by atoms with Crippen LogP contribution in [0.2, 0.25) is 0 Å². The normalized spacial score (nSPS) is 19.5. The number of halogens is 2. The number of piperazine rings is 1. The van der Waals surface area contributed by atoms with Gasteiger partial charge in [0.2, 0.25) is 5.82 Å². The van der Waals surface area contributed by atoms with Crippen molar-refractivity contribution in [2.45, 2.75) is 12.7 Å². The second-order valence-corrected chi connectivity index (χ2v) is 7.93. The first-order chi connectivity index (χ1) is 15.5. The van der Waals surface area contributed by atoms with Crippen LogP contribution in [-0.4, -0.2) is 69.7 Å². The van der Waals surface area contributed by atoms with Crippen LogP contribution < -0.4 is 10.6 Å². The predicted molar refractivity (Wildman–Crippen MR) is 114 cm³/mol. The molecular formula is C21H24F2N8O. The van der Waals surface area contributed by atoms with Gasteiger partial charge in [0.1, 0.15) is 23.3 Å². The van der Waals surface area contributed by atoms with E-state index in [4.69, 9.17) is 15.6 Å². The molecule has 11 heteroatoms. The van der Waals surface area contributed by atoms with Crippen LogP contribution in [0.15, 0.2) is 41.0 Å². The van der Waals surface area contributed by atoms with Gasteiger partial charge in [0.25, 0.3) is 0 Å². The maximum absolute atomic E-state index is 14.1. The Bertz CT molecular complexity index is 1110. The average molecular weight is 442 g/mol. The van der Waals surface area contributed by atoms with Gasteiger partial charge in [-0.15, -0.1) is 5.10 Å². The molecule has 2 aliphatic rings. The van der Waals surface area contributed by atoms with Gasteiger partial charge in [0.05, 0.1) is 18.4 Å². The first kappa shape index (κ1) is 20.6. The predicted octanol–water partition coefficient (Wildman–Crippen LogP) is 1.89. The van der Waals surface area contributed by atoms with E-state index in [1.54, 1.807) is 23.1 Å². The number of nitrogens with two attached hydrogens (primary N) is 1. The monoisotopic (exact) mass is 442 g/mol. The fourth-order valence-corrected chi connectivity index (χ4v) is 4.20. The zero-order chi connectivity index (χ0) is 22.2. The van der Waals surface area contributed by atoms with Gasteiger partial charge in [-0.05, 0) is 24.3 Å². The molecule has 3 N–H and O–H groups in total. The van der Waals surface area contributed by atoms with Crippen molar-refractivity contribution >= 4 is 11.5 Å². The number of rotatable bonds is 5. The van der Waals surface area contributed by atoms with E-state index < -0.39 is 17.9 Å². The first-order valence-electron chi connectivity index (χ1n) is 10.5. The van der Waals surface area contributed by atoms with E-state index in [9.17, 15) is 8.78 Å². The van der Waals surface area contributed by atoms with Crippen molar-refractivity contribution in [2.75, 3.05) is 44.2 Å². The molecule has 1 aromatic carbocycles. The van der Waals surface area contributed by atoms with E-state index >= 15 is 0 Å². The molecule has 0 spiro atoms. The molecule has 0 aliphatic carbocycles. The van der Waals surface area contributed by atoms with Gasteiger partial charge in [-0.1, -0.05) is 0 Å². The highest BCUT2D eigenvalue weighted by Crippen LogP contribution is 2.24. The molecule has 1 atom stereocenters. The molecule has 1 unspecified atom stereocenters. The van der Waals surface area contributed by atoms with Crippen molar-refractivity contribution in [3.63, 3.8) is 0 Å². The molecule has 9 nitrogen and oxygen atoms in total. The van der Waals surface area contributed by atoms with Crippen molar-refractivity contribution in [2.24, 2.45) is 5.73 Å². The van der Waals surface area contributed by atoms with Crippen molar-refractivity contribution in [3.8, 4) is 11.6 Å². The van der Waals surface area contributed by atoms with E-state index in [1.165, 1.54) is 6.07 Å². The molecule has 1 saturated heterocycles. The summed E-state index contributed by atoms with van der Waals surface area (Å²) in [6.45, 7) is 3.88. The number of fused-ring (bicyclic) bond motifs is 1. The molecule has 3 aromatic rings. The zero-order valence-electron chi connectivity index (χ0n) is 17.4. The quantitative estimate of drug-likeness (QED) is 0.622. The summed E-state index contributed by atoms with van der Waals surface area (Å²) in [4.78, 5) is 10.4. The number of aromatic nitrogens is 3. The summed E-state index contributed by atoms with van der Waals surface area (Å²) in [5.74, 6) is 1.19. The van der Waals surface area contributed by atoms with E-state index in [0.29, 0.717) is 74.6 Å². The number of hydrogen-bond donors (Lipinski definition) is 2. The van der Waals surface area contributed by atoms with E-state index in [2.05, 4.69) is 15.0 Å². The van der Waals surface area contributed by atoms with Crippen molar-refractivity contribution in [1.29, 1.82) is 5.41 Å². The highest BCUT2D eigenvalue weighted by molar-refractivity contribution is 5.82. The highest BCUT2D eigenvalue weighted by Gasteiger charge is 2.31. The molecule has 2 aliphatic heterocycles.